The van der Waals surface area contributed by atoms with Gasteiger partial charge in [-0.05, 0) is 18.2 Å². The summed E-state index contributed by atoms with van der Waals surface area (Å²) in [6.07, 6.45) is 0.768. The maximum absolute atomic E-state index is 13.0. The highest BCUT2D eigenvalue weighted by atomic mass is 19.1. The summed E-state index contributed by atoms with van der Waals surface area (Å²) in [6, 6.07) is 3.54. The molecule has 0 saturated heterocycles. The Morgan fingerprint density at radius 1 is 1.31 bits per heavy atom. The van der Waals surface area contributed by atoms with Gasteiger partial charge in [0, 0.05) is 13.0 Å². The third kappa shape index (κ3) is 1.50. The van der Waals surface area contributed by atoms with Gasteiger partial charge in [-0.2, -0.15) is 0 Å². The molecule has 0 unspecified atom stereocenters. The third-order valence-electron chi connectivity index (χ3n) is 2.41. The first kappa shape index (κ1) is 10.5. The van der Waals surface area contributed by atoms with E-state index in [2.05, 4.69) is 0 Å². The fourth-order valence-electron chi connectivity index (χ4n) is 1.67. The molecule has 1 aliphatic heterocycles. The van der Waals surface area contributed by atoms with E-state index in [1.807, 2.05) is 0 Å². The van der Waals surface area contributed by atoms with Crippen LogP contribution in [0.4, 0.5) is 10.1 Å². The number of fused-ring (bicyclic) bond motifs is 1. The van der Waals surface area contributed by atoms with Gasteiger partial charge >= 0.3 is 0 Å². The van der Waals surface area contributed by atoms with E-state index in [1.165, 1.54) is 6.07 Å². The number of carbonyl (C=O) groups is 3. The fraction of sp³-hybridized carbons (Fsp3) is 0.182. The highest BCUT2D eigenvalue weighted by Gasteiger charge is 2.35. The van der Waals surface area contributed by atoms with E-state index in [4.69, 9.17) is 0 Å². The normalized spacial score (nSPS) is 14.2. The summed E-state index contributed by atoms with van der Waals surface area (Å²) in [5, 5.41) is 0. The van der Waals surface area contributed by atoms with Gasteiger partial charge in [0.25, 0.3) is 11.7 Å². The van der Waals surface area contributed by atoms with Gasteiger partial charge in [-0.25, -0.2) is 4.39 Å². The molecule has 1 aromatic rings. The molecule has 1 amide bonds. The van der Waals surface area contributed by atoms with Gasteiger partial charge in [-0.15, -0.1) is 0 Å². The van der Waals surface area contributed by atoms with E-state index in [0.717, 1.165) is 17.0 Å². The zero-order valence-electron chi connectivity index (χ0n) is 8.27. The highest BCUT2D eigenvalue weighted by molar-refractivity contribution is 6.52. The van der Waals surface area contributed by atoms with E-state index in [1.54, 1.807) is 0 Å². The fourth-order valence-corrected chi connectivity index (χ4v) is 1.67. The van der Waals surface area contributed by atoms with Crippen molar-refractivity contribution in [2.45, 2.75) is 6.42 Å². The molecule has 0 radical (unpaired) electrons. The molecule has 0 N–H and O–H groups in total. The summed E-state index contributed by atoms with van der Waals surface area (Å²) in [5.41, 5.74) is 0.439. The molecule has 16 heavy (non-hydrogen) atoms. The molecule has 0 aromatic heterocycles. The molecule has 2 rings (SSSR count). The molecule has 0 atom stereocenters. The van der Waals surface area contributed by atoms with Gasteiger partial charge < -0.3 is 9.69 Å². The van der Waals surface area contributed by atoms with Gasteiger partial charge in [-0.1, -0.05) is 0 Å². The van der Waals surface area contributed by atoms with Crippen LogP contribution < -0.4 is 4.90 Å². The minimum Gasteiger partial charge on any atom is -0.304 e. The average Bonchev–Trinajstić information content (AvgIpc) is 2.50. The number of Topliss-reactive ketones (excluding diaryl/α,β-unsaturated/α-hetero) is 1. The number of halogens is 1. The predicted molar refractivity (Wildman–Crippen MR) is 53.8 cm³/mol. The van der Waals surface area contributed by atoms with E-state index < -0.39 is 17.5 Å². The van der Waals surface area contributed by atoms with Crippen molar-refractivity contribution in [3.8, 4) is 0 Å². The molecule has 82 valence electrons. The Balaban J connectivity index is 2.42. The Kier molecular flexibility index (Phi) is 2.52. The standard InChI is InChI=1S/C11H8FNO3/c12-7-2-3-8-9(6-7)13(4-1-5-14)11(16)10(8)15/h2-3,5-6H,1,4H2. The number of carbonyl (C=O) groups excluding carboxylic acids is 3. The average molecular weight is 221 g/mol. The van der Waals surface area contributed by atoms with Gasteiger partial charge in [0.1, 0.15) is 12.1 Å². The van der Waals surface area contributed by atoms with Crippen LogP contribution in [-0.2, 0) is 9.59 Å². The first-order valence-electron chi connectivity index (χ1n) is 4.74. The van der Waals surface area contributed by atoms with Crippen molar-refractivity contribution in [2.24, 2.45) is 0 Å². The Morgan fingerprint density at radius 3 is 2.75 bits per heavy atom. The van der Waals surface area contributed by atoms with E-state index >= 15 is 0 Å². The Labute approximate surface area is 90.7 Å². The number of hydrogen-bond donors (Lipinski definition) is 0. The number of nitrogens with zero attached hydrogens (tertiary/aromatic N) is 1. The smallest absolute Gasteiger partial charge is 0.299 e. The minimum absolute atomic E-state index is 0.102. The molecule has 0 fully saturated rings. The van der Waals surface area contributed by atoms with Gasteiger partial charge in [0.2, 0.25) is 0 Å². The van der Waals surface area contributed by atoms with Gasteiger partial charge in [0.05, 0.1) is 11.3 Å². The molecular weight excluding hydrogens is 213 g/mol. The third-order valence-corrected chi connectivity index (χ3v) is 2.41. The largest absolute Gasteiger partial charge is 0.304 e. The molecule has 0 aliphatic carbocycles. The maximum atomic E-state index is 13.0. The summed E-state index contributed by atoms with van der Waals surface area (Å²) >= 11 is 0. The van der Waals surface area contributed by atoms with E-state index in [0.29, 0.717) is 6.29 Å². The molecule has 4 nitrogen and oxygen atoms in total. The van der Waals surface area contributed by atoms with Crippen LogP contribution in [0.15, 0.2) is 18.2 Å². The molecule has 1 aromatic carbocycles. The molecule has 1 aliphatic rings. The van der Waals surface area contributed by atoms with Crippen LogP contribution >= 0.6 is 0 Å². The van der Waals surface area contributed by atoms with Crippen molar-refractivity contribution in [2.75, 3.05) is 11.4 Å². The van der Waals surface area contributed by atoms with Crippen molar-refractivity contribution >= 4 is 23.7 Å². The summed E-state index contributed by atoms with van der Waals surface area (Å²) in [7, 11) is 0. The summed E-state index contributed by atoms with van der Waals surface area (Å²) in [5.74, 6) is -1.87. The molecule has 1 heterocycles. The number of anilines is 1. The van der Waals surface area contributed by atoms with Gasteiger partial charge in [-0.3, -0.25) is 9.59 Å². The molecule has 5 heteroatoms. The Hall–Kier alpha value is -2.04. The van der Waals surface area contributed by atoms with Gasteiger partial charge in [0.15, 0.2) is 0 Å². The van der Waals surface area contributed by atoms with Crippen molar-refractivity contribution in [3.05, 3.63) is 29.6 Å². The molecule has 0 spiro atoms. The SMILES string of the molecule is O=CCCN1C(=O)C(=O)c2ccc(F)cc21. The lowest BCUT2D eigenvalue weighted by Crippen LogP contribution is -2.30. The second-order valence-corrected chi connectivity index (χ2v) is 3.40. The van der Waals surface area contributed by atoms with Crippen molar-refractivity contribution < 1.29 is 18.8 Å². The van der Waals surface area contributed by atoms with E-state index in [9.17, 15) is 18.8 Å². The number of benzene rings is 1. The zero-order valence-corrected chi connectivity index (χ0v) is 8.27. The number of aldehydes is 1. The van der Waals surface area contributed by atoms with E-state index in [-0.39, 0.29) is 24.2 Å². The highest BCUT2D eigenvalue weighted by Crippen LogP contribution is 2.29. The summed E-state index contributed by atoms with van der Waals surface area (Å²) < 4.78 is 13.0. The lowest BCUT2D eigenvalue weighted by atomic mass is 10.1. The first-order valence-corrected chi connectivity index (χ1v) is 4.74. The van der Waals surface area contributed by atoms with Crippen LogP contribution in [0, 0.1) is 5.82 Å². The monoisotopic (exact) mass is 221 g/mol. The second-order valence-electron chi connectivity index (χ2n) is 3.40. The van der Waals surface area contributed by atoms with Crippen LogP contribution in [0.5, 0.6) is 0 Å². The molecule has 0 saturated carbocycles. The van der Waals surface area contributed by atoms with Crippen molar-refractivity contribution in [1.82, 2.24) is 0 Å². The number of ketones is 1. The zero-order chi connectivity index (χ0) is 11.7. The van der Waals surface area contributed by atoms with Crippen LogP contribution in [0.25, 0.3) is 0 Å². The van der Waals surface area contributed by atoms with Crippen LogP contribution in [-0.4, -0.2) is 24.5 Å². The minimum atomic E-state index is -0.706. The maximum Gasteiger partial charge on any atom is 0.299 e. The van der Waals surface area contributed by atoms with Crippen LogP contribution in [0.1, 0.15) is 16.8 Å². The summed E-state index contributed by atoms with van der Waals surface area (Å²) in [4.78, 5) is 34.4. The Bertz CT molecular complexity index is 484. The van der Waals surface area contributed by atoms with Crippen molar-refractivity contribution in [1.29, 1.82) is 0 Å². The second kappa shape index (κ2) is 3.84. The lowest BCUT2D eigenvalue weighted by Gasteiger charge is -2.14. The van der Waals surface area contributed by atoms with Crippen molar-refractivity contribution in [3.63, 3.8) is 0 Å². The van der Waals surface area contributed by atoms with Crippen LogP contribution in [0.3, 0.4) is 0 Å². The topological polar surface area (TPSA) is 54.5 Å². The summed E-state index contributed by atoms with van der Waals surface area (Å²) in [6.45, 7) is 0.102. The van der Waals surface area contributed by atoms with Crippen LogP contribution in [0.2, 0.25) is 0 Å². The molecule has 0 bridgehead atoms. The molecular formula is C11H8FNO3. The lowest BCUT2D eigenvalue weighted by molar-refractivity contribution is -0.114. The number of hydrogen-bond acceptors (Lipinski definition) is 3. The number of rotatable bonds is 3. The predicted octanol–water partition coefficient (Wildman–Crippen LogP) is 0.944. The first-order chi connectivity index (χ1) is 7.65. The quantitative estimate of drug-likeness (QED) is 0.564. The Morgan fingerprint density at radius 2 is 2.06 bits per heavy atom. The number of amides is 1.